The average Bonchev–Trinajstić information content (AvgIpc) is 3.52. The third kappa shape index (κ3) is 6.14. The molecule has 1 saturated heterocycles. The van der Waals surface area contributed by atoms with E-state index in [1.165, 1.54) is 17.0 Å². The number of halogens is 3. The maximum absolute atomic E-state index is 13.3. The summed E-state index contributed by atoms with van der Waals surface area (Å²) in [6.45, 7) is 3.37. The zero-order valence-electron chi connectivity index (χ0n) is 18.5. The number of amides is 3. The van der Waals surface area contributed by atoms with Crippen molar-refractivity contribution in [2.75, 3.05) is 11.4 Å². The van der Waals surface area contributed by atoms with Crippen LogP contribution in [0.1, 0.15) is 31.4 Å². The van der Waals surface area contributed by atoms with E-state index in [0.29, 0.717) is 12.5 Å². The first-order valence-electron chi connectivity index (χ1n) is 10.2. The Morgan fingerprint density at radius 3 is 2.03 bits per heavy atom. The van der Waals surface area contributed by atoms with Crippen LogP contribution >= 0.6 is 0 Å². The minimum Gasteiger partial charge on any atom is -0.310 e. The number of urea groups is 1. The van der Waals surface area contributed by atoms with Crippen LogP contribution in [0.4, 0.5) is 23.7 Å². The average molecular weight is 509 g/mol. The van der Waals surface area contributed by atoms with E-state index in [2.05, 4.69) is 0 Å². The Morgan fingerprint density at radius 2 is 1.53 bits per heavy atom. The predicted molar refractivity (Wildman–Crippen MR) is 116 cm³/mol. The minimum absolute atomic E-state index is 0. The monoisotopic (exact) mass is 509 g/mol. The topological polar surface area (TPSA) is 64.4 Å². The van der Waals surface area contributed by atoms with E-state index in [-0.39, 0.29) is 29.3 Å². The number of hydrogen-bond donors (Lipinski definition) is 0. The number of carbonyl (C=O) groups excluding carboxylic acids is 2. The molecule has 2 saturated carbocycles. The Morgan fingerprint density at radius 1 is 0.971 bits per heavy atom. The number of alkyl halides is 3. The Bertz CT molecular complexity index is 909. The second-order valence-corrected chi connectivity index (χ2v) is 7.98. The molecule has 3 fully saturated rings. The minimum atomic E-state index is -4.78. The van der Waals surface area contributed by atoms with E-state index in [1.54, 1.807) is 13.8 Å². The van der Waals surface area contributed by atoms with Crippen LogP contribution in [0.15, 0.2) is 18.2 Å². The van der Waals surface area contributed by atoms with Crippen LogP contribution in [-0.4, -0.2) is 28.9 Å². The Hall–Kier alpha value is -2.04. The van der Waals surface area contributed by atoms with Crippen LogP contribution in [0.2, 0.25) is 0 Å². The van der Waals surface area contributed by atoms with Crippen molar-refractivity contribution in [1.29, 1.82) is 5.26 Å². The summed E-state index contributed by atoms with van der Waals surface area (Å²) in [5.74, 6) is 0.380. The van der Waals surface area contributed by atoms with Crippen LogP contribution in [0.3, 0.4) is 0 Å². The van der Waals surface area contributed by atoms with Gasteiger partial charge in [0, 0.05) is 6.54 Å². The van der Waals surface area contributed by atoms with E-state index in [9.17, 15) is 22.8 Å². The Labute approximate surface area is 210 Å². The normalized spacial score (nSPS) is 20.1. The molecule has 0 N–H and O–H groups in total. The molecule has 3 aliphatic rings. The number of nitriles is 1. The van der Waals surface area contributed by atoms with Gasteiger partial charge in [-0.1, -0.05) is 0 Å². The first kappa shape index (κ1) is 28.2. The van der Waals surface area contributed by atoms with Crippen molar-refractivity contribution >= 4 is 17.6 Å². The van der Waals surface area contributed by atoms with Gasteiger partial charge in [-0.05, 0) is 102 Å². The zero-order valence-corrected chi connectivity index (χ0v) is 19.6. The number of carbonyl (C=O) groups is 2. The molecule has 176 valence electrons. The maximum Gasteiger partial charge on any atom is 2.00 e. The number of imide groups is 1. The van der Waals surface area contributed by atoms with Gasteiger partial charge < -0.3 is 4.90 Å². The summed E-state index contributed by atoms with van der Waals surface area (Å²) in [5.41, 5.74) is -3.15. The summed E-state index contributed by atoms with van der Waals surface area (Å²) < 4.78 is 39.8. The third-order valence-corrected chi connectivity index (χ3v) is 5.42. The molecule has 0 aromatic heterocycles. The molecule has 0 unspecified atom stereocenters. The van der Waals surface area contributed by atoms with Crippen LogP contribution < -0.4 is 4.90 Å². The quantitative estimate of drug-likeness (QED) is 0.427. The van der Waals surface area contributed by atoms with Gasteiger partial charge in [0.05, 0.1) is 22.9 Å². The van der Waals surface area contributed by atoms with E-state index in [1.807, 2.05) is 57.8 Å². The van der Waals surface area contributed by atoms with Crippen LogP contribution in [0, 0.1) is 75.0 Å². The maximum atomic E-state index is 13.3. The molecule has 1 aromatic rings. The SMILES string of the molecule is CC1(C)C(=O)N(c2ccc(C#N)c(C(F)(F)F)c2)C(=O)N1CC[C]1[CH][CH][CH][CH]1.[CH]1[CH][CH][CH][CH]1.[Fe+2]. The number of hydrogen-bond acceptors (Lipinski definition) is 3. The molecule has 0 spiro atoms. The van der Waals surface area contributed by atoms with Gasteiger partial charge in [-0.3, -0.25) is 4.79 Å². The molecule has 0 atom stereocenters. The second kappa shape index (κ2) is 11.6. The Balaban J connectivity index is 0.000000603. The summed E-state index contributed by atoms with van der Waals surface area (Å²) in [5, 5.41) is 8.92. The molecule has 34 heavy (non-hydrogen) atoms. The van der Waals surface area contributed by atoms with Crippen molar-refractivity contribution in [3.05, 3.63) is 93.0 Å². The van der Waals surface area contributed by atoms with Gasteiger partial charge in [0.1, 0.15) is 5.54 Å². The largest absolute Gasteiger partial charge is 2.00 e. The summed E-state index contributed by atoms with van der Waals surface area (Å²) in [4.78, 5) is 27.8. The molecular weight excluding hydrogens is 487 g/mol. The zero-order chi connectivity index (χ0) is 24.2. The number of nitrogens with zero attached hydrogens (tertiary/aromatic N) is 3. The summed E-state index contributed by atoms with van der Waals surface area (Å²) in [6.07, 6.45) is 13.2. The smallest absolute Gasteiger partial charge is 0.310 e. The van der Waals surface area contributed by atoms with Gasteiger partial charge >= 0.3 is 29.3 Å². The number of anilines is 1. The van der Waals surface area contributed by atoms with Crippen LogP contribution in [0.25, 0.3) is 0 Å². The Kier molecular flexibility index (Phi) is 9.61. The van der Waals surface area contributed by atoms with Crippen molar-refractivity contribution in [3.63, 3.8) is 0 Å². The van der Waals surface area contributed by atoms with Crippen molar-refractivity contribution in [2.24, 2.45) is 0 Å². The van der Waals surface area contributed by atoms with Crippen molar-refractivity contribution in [1.82, 2.24) is 4.90 Å². The van der Waals surface area contributed by atoms with Gasteiger partial charge in [-0.25, -0.2) is 9.69 Å². The molecule has 1 heterocycles. The first-order valence-corrected chi connectivity index (χ1v) is 10.2. The molecule has 9 heteroatoms. The summed E-state index contributed by atoms with van der Waals surface area (Å²) >= 11 is 0. The molecular formula is C25H22F3FeN3O2+2. The molecule has 5 nitrogen and oxygen atoms in total. The fourth-order valence-corrected chi connectivity index (χ4v) is 3.58. The molecule has 0 bridgehead atoms. The van der Waals surface area contributed by atoms with Gasteiger partial charge in [0.25, 0.3) is 5.91 Å². The van der Waals surface area contributed by atoms with Crippen LogP contribution in [-0.2, 0) is 28.0 Å². The third-order valence-electron chi connectivity index (χ3n) is 5.42. The molecule has 4 rings (SSSR count). The van der Waals surface area contributed by atoms with Gasteiger partial charge in [0.2, 0.25) is 0 Å². The van der Waals surface area contributed by atoms with E-state index in [0.717, 1.165) is 16.9 Å². The fraction of sp³-hybridized carbons (Fsp3) is 0.240. The second-order valence-electron chi connectivity index (χ2n) is 7.98. The molecule has 1 aliphatic heterocycles. The molecule has 1 aromatic carbocycles. The summed E-state index contributed by atoms with van der Waals surface area (Å²) in [7, 11) is 0. The van der Waals surface area contributed by atoms with Crippen molar-refractivity contribution < 1.29 is 39.8 Å². The molecule has 3 amide bonds. The molecule has 2 aliphatic carbocycles. The van der Waals surface area contributed by atoms with E-state index < -0.39 is 34.8 Å². The van der Waals surface area contributed by atoms with Gasteiger partial charge in [-0.2, -0.15) is 18.4 Å². The standard InChI is InChI=1S/C20H17F3N3O2.C5H5.Fe/c1-19(2)17(27)26(18(28)25(19)10-9-13-5-3-4-6-13)15-8-7-14(12-24)16(11-15)20(21,22)23;1-2-4-5-3-1;/h3-8,11H,9-10H2,1-2H3;1-5H;/q;;+2. The number of benzene rings is 1. The van der Waals surface area contributed by atoms with Crippen LogP contribution in [0.5, 0.6) is 0 Å². The van der Waals surface area contributed by atoms with Crippen molar-refractivity contribution in [2.45, 2.75) is 32.0 Å². The van der Waals surface area contributed by atoms with E-state index >= 15 is 0 Å². The summed E-state index contributed by atoms with van der Waals surface area (Å²) in [6, 6.07) is 3.63. The van der Waals surface area contributed by atoms with Gasteiger partial charge in [-0.15, -0.1) is 0 Å². The van der Waals surface area contributed by atoms with Gasteiger partial charge in [0.15, 0.2) is 0 Å². The number of rotatable bonds is 4. The first-order chi connectivity index (χ1) is 15.6. The molecule has 10 radical (unpaired) electrons. The van der Waals surface area contributed by atoms with Crippen molar-refractivity contribution in [3.8, 4) is 6.07 Å². The predicted octanol–water partition coefficient (Wildman–Crippen LogP) is 4.94. The fourth-order valence-electron chi connectivity index (χ4n) is 3.58. The van der Waals surface area contributed by atoms with E-state index in [4.69, 9.17) is 5.26 Å².